The molecular weight excluding hydrogens is 236 g/mol. The first-order valence-electron chi connectivity index (χ1n) is 5.36. The van der Waals surface area contributed by atoms with Gasteiger partial charge >= 0.3 is 0 Å². The molecule has 0 N–H and O–H groups in total. The fourth-order valence-electron chi connectivity index (χ4n) is 1.60. The zero-order valence-corrected chi connectivity index (χ0v) is 9.90. The highest BCUT2D eigenvalue weighted by atomic mass is 19.2. The van der Waals surface area contributed by atoms with Gasteiger partial charge in [-0.2, -0.15) is 22.5 Å². The number of halogens is 4. The summed E-state index contributed by atoms with van der Waals surface area (Å²) >= 11 is 0. The lowest BCUT2D eigenvalue weighted by Crippen LogP contribution is -2.33. The Kier molecular flexibility index (Phi) is 4.31. The van der Waals surface area contributed by atoms with Crippen molar-refractivity contribution in [3.8, 4) is 0 Å². The van der Waals surface area contributed by atoms with Crippen molar-refractivity contribution < 1.29 is 17.6 Å². The molecule has 1 rings (SSSR count). The van der Waals surface area contributed by atoms with Gasteiger partial charge in [-0.15, -0.1) is 0 Å². The number of rotatable bonds is 4. The van der Waals surface area contributed by atoms with E-state index in [1.165, 1.54) is 4.90 Å². The van der Waals surface area contributed by atoms with Gasteiger partial charge in [-0.05, 0) is 20.3 Å². The lowest BCUT2D eigenvalue weighted by Gasteiger charge is -2.29. The van der Waals surface area contributed by atoms with Crippen molar-refractivity contribution >= 4 is 5.69 Å². The first kappa shape index (κ1) is 13.7. The van der Waals surface area contributed by atoms with E-state index in [4.69, 9.17) is 0 Å². The van der Waals surface area contributed by atoms with Gasteiger partial charge in [-0.25, -0.2) is 0 Å². The molecule has 2 nitrogen and oxygen atoms in total. The van der Waals surface area contributed by atoms with Crippen LogP contribution >= 0.6 is 0 Å². The van der Waals surface area contributed by atoms with Crippen LogP contribution in [0.3, 0.4) is 0 Å². The van der Waals surface area contributed by atoms with Gasteiger partial charge in [-0.3, -0.25) is 0 Å². The van der Waals surface area contributed by atoms with Gasteiger partial charge in [0.05, 0.1) is 0 Å². The average Bonchev–Trinajstić information content (AvgIpc) is 2.25. The normalized spacial score (nSPS) is 11.1. The molecule has 0 spiro atoms. The number of aromatic nitrogens is 1. The summed E-state index contributed by atoms with van der Waals surface area (Å²) in [6.45, 7) is 5.48. The number of anilines is 1. The van der Waals surface area contributed by atoms with E-state index < -0.39 is 29.2 Å². The Balaban J connectivity index is 3.36. The van der Waals surface area contributed by atoms with Crippen molar-refractivity contribution in [1.82, 2.24) is 4.98 Å². The molecule has 1 heterocycles. The zero-order chi connectivity index (χ0) is 13.2. The van der Waals surface area contributed by atoms with E-state index in [0.29, 0.717) is 13.0 Å². The van der Waals surface area contributed by atoms with Crippen LogP contribution in [0.4, 0.5) is 23.2 Å². The lowest BCUT2D eigenvalue weighted by molar-refractivity contribution is 0.403. The van der Waals surface area contributed by atoms with Crippen molar-refractivity contribution in [2.45, 2.75) is 33.2 Å². The molecule has 0 atom stereocenters. The molecule has 0 fully saturated rings. The van der Waals surface area contributed by atoms with Gasteiger partial charge in [0.2, 0.25) is 11.6 Å². The van der Waals surface area contributed by atoms with Gasteiger partial charge in [0, 0.05) is 12.6 Å². The molecule has 0 aliphatic carbocycles. The molecule has 0 aromatic carbocycles. The Morgan fingerprint density at radius 2 is 1.53 bits per heavy atom. The van der Waals surface area contributed by atoms with Crippen LogP contribution in [0.25, 0.3) is 0 Å². The SMILES string of the molecule is CCCN(c1c(F)c(F)nc(F)c1F)C(C)C. The van der Waals surface area contributed by atoms with Crippen LogP contribution in [0.2, 0.25) is 0 Å². The third-order valence-corrected chi connectivity index (χ3v) is 2.35. The first-order valence-corrected chi connectivity index (χ1v) is 5.36. The standard InChI is InChI=1S/C11H14F4N2/c1-4-5-17(6(2)3)9-7(12)10(14)16-11(15)8(9)13/h6H,4-5H2,1-3H3. The van der Waals surface area contributed by atoms with E-state index in [9.17, 15) is 17.6 Å². The first-order chi connectivity index (χ1) is 7.90. The van der Waals surface area contributed by atoms with E-state index in [-0.39, 0.29) is 6.04 Å². The molecule has 6 heteroatoms. The van der Waals surface area contributed by atoms with Crippen molar-refractivity contribution in [3.63, 3.8) is 0 Å². The van der Waals surface area contributed by atoms with E-state index in [1.54, 1.807) is 20.8 Å². The molecule has 0 unspecified atom stereocenters. The fraction of sp³-hybridized carbons (Fsp3) is 0.545. The van der Waals surface area contributed by atoms with Crippen LogP contribution in [0.15, 0.2) is 0 Å². The summed E-state index contributed by atoms with van der Waals surface area (Å²) < 4.78 is 52.9. The second-order valence-electron chi connectivity index (χ2n) is 3.96. The number of hydrogen-bond donors (Lipinski definition) is 0. The minimum Gasteiger partial charge on any atom is -0.364 e. The Morgan fingerprint density at radius 1 is 1.06 bits per heavy atom. The van der Waals surface area contributed by atoms with Crippen molar-refractivity contribution in [1.29, 1.82) is 0 Å². The van der Waals surface area contributed by atoms with Crippen molar-refractivity contribution in [2.24, 2.45) is 0 Å². The molecule has 0 amide bonds. The molecule has 0 radical (unpaired) electrons. The smallest absolute Gasteiger partial charge is 0.253 e. The quantitative estimate of drug-likeness (QED) is 0.602. The van der Waals surface area contributed by atoms with Gasteiger partial charge in [0.1, 0.15) is 5.69 Å². The fourth-order valence-corrected chi connectivity index (χ4v) is 1.60. The third-order valence-electron chi connectivity index (χ3n) is 2.35. The van der Waals surface area contributed by atoms with E-state index in [2.05, 4.69) is 4.98 Å². The summed E-state index contributed by atoms with van der Waals surface area (Å²) in [6, 6.07) is -0.278. The summed E-state index contributed by atoms with van der Waals surface area (Å²) in [5.41, 5.74) is -0.688. The maximum absolute atomic E-state index is 13.5. The molecule has 0 aliphatic rings. The second-order valence-corrected chi connectivity index (χ2v) is 3.96. The van der Waals surface area contributed by atoms with Gasteiger partial charge in [0.15, 0.2) is 0 Å². The van der Waals surface area contributed by atoms with Crippen molar-refractivity contribution in [2.75, 3.05) is 11.4 Å². The summed E-state index contributed by atoms with van der Waals surface area (Å²) in [4.78, 5) is 3.80. The van der Waals surface area contributed by atoms with Crippen LogP contribution < -0.4 is 4.90 Å². The van der Waals surface area contributed by atoms with Crippen LogP contribution in [0, 0.1) is 23.5 Å². The maximum atomic E-state index is 13.5. The predicted octanol–water partition coefficient (Wildman–Crippen LogP) is 3.26. The molecular formula is C11H14F4N2. The highest BCUT2D eigenvalue weighted by molar-refractivity contribution is 5.49. The Morgan fingerprint density at radius 3 is 1.88 bits per heavy atom. The molecule has 1 aromatic heterocycles. The molecule has 0 saturated heterocycles. The number of pyridine rings is 1. The van der Waals surface area contributed by atoms with E-state index in [0.717, 1.165) is 0 Å². The largest absolute Gasteiger partial charge is 0.364 e. The van der Waals surface area contributed by atoms with Crippen LogP contribution in [-0.4, -0.2) is 17.6 Å². The maximum Gasteiger partial charge on any atom is 0.253 e. The molecule has 0 saturated carbocycles. The topological polar surface area (TPSA) is 16.1 Å². The van der Waals surface area contributed by atoms with Gasteiger partial charge in [-0.1, -0.05) is 6.92 Å². The molecule has 0 bridgehead atoms. The summed E-state index contributed by atoms with van der Waals surface area (Å²) in [6.07, 6.45) is 0.600. The van der Waals surface area contributed by atoms with E-state index in [1.807, 2.05) is 0 Å². The average molecular weight is 250 g/mol. The summed E-state index contributed by atoms with van der Waals surface area (Å²) in [5.74, 6) is -6.15. The van der Waals surface area contributed by atoms with Crippen molar-refractivity contribution in [3.05, 3.63) is 23.5 Å². The zero-order valence-electron chi connectivity index (χ0n) is 9.90. The minimum absolute atomic E-state index is 0.278. The lowest BCUT2D eigenvalue weighted by atomic mass is 10.2. The van der Waals surface area contributed by atoms with E-state index >= 15 is 0 Å². The molecule has 96 valence electrons. The second kappa shape index (κ2) is 5.33. The molecule has 1 aromatic rings. The van der Waals surface area contributed by atoms with Crippen LogP contribution in [-0.2, 0) is 0 Å². The monoisotopic (exact) mass is 250 g/mol. The Labute approximate surface area is 97.3 Å². The Hall–Kier alpha value is -1.33. The van der Waals surface area contributed by atoms with Crippen LogP contribution in [0.1, 0.15) is 27.2 Å². The third kappa shape index (κ3) is 2.68. The highest BCUT2D eigenvalue weighted by Crippen LogP contribution is 2.27. The van der Waals surface area contributed by atoms with Gasteiger partial charge < -0.3 is 4.90 Å². The van der Waals surface area contributed by atoms with Crippen LogP contribution in [0.5, 0.6) is 0 Å². The predicted molar refractivity (Wildman–Crippen MR) is 56.8 cm³/mol. The molecule has 17 heavy (non-hydrogen) atoms. The highest BCUT2D eigenvalue weighted by Gasteiger charge is 2.26. The van der Waals surface area contributed by atoms with Gasteiger partial charge in [0.25, 0.3) is 11.9 Å². The summed E-state index contributed by atoms with van der Waals surface area (Å²) in [7, 11) is 0. The molecule has 0 aliphatic heterocycles. The Bertz CT molecular complexity index is 381. The number of hydrogen-bond acceptors (Lipinski definition) is 2. The summed E-state index contributed by atoms with van der Waals surface area (Å²) in [5, 5.41) is 0. The minimum atomic E-state index is -1.62. The number of nitrogens with zero attached hydrogens (tertiary/aromatic N) is 2.